The summed E-state index contributed by atoms with van der Waals surface area (Å²) in [5.41, 5.74) is 1.82. The third kappa shape index (κ3) is 4.55. The minimum Gasteiger partial charge on any atom is -0.482 e. The standard InChI is InChI=1S/C20H27N3O5/c1-3-27-20(26)22-11-9-21(10-12-22)18(24)5-4-8-23-16-13-15(2)6-7-17(16)28-14-19(23)25/h6-7,13H,3-5,8-12,14H2,1-2H3. The number of fused-ring (bicyclic) bond motifs is 1. The van der Waals surface area contributed by atoms with Crippen LogP contribution in [0.25, 0.3) is 0 Å². The molecular formula is C20H27N3O5. The fraction of sp³-hybridized carbons (Fsp3) is 0.550. The Bertz CT molecular complexity index is 743. The number of benzene rings is 1. The van der Waals surface area contributed by atoms with Gasteiger partial charge < -0.3 is 24.2 Å². The number of amides is 3. The Morgan fingerprint density at radius 1 is 1.14 bits per heavy atom. The number of rotatable bonds is 5. The predicted molar refractivity (Wildman–Crippen MR) is 103 cm³/mol. The minimum absolute atomic E-state index is 0.0276. The molecule has 8 heteroatoms. The number of ether oxygens (including phenoxy) is 2. The summed E-state index contributed by atoms with van der Waals surface area (Å²) in [6.45, 7) is 6.59. The van der Waals surface area contributed by atoms with Crippen LogP contribution in [-0.2, 0) is 14.3 Å². The number of aryl methyl sites for hydroxylation is 1. The van der Waals surface area contributed by atoms with E-state index >= 15 is 0 Å². The van der Waals surface area contributed by atoms with Gasteiger partial charge in [-0.3, -0.25) is 9.59 Å². The molecule has 2 aliphatic rings. The van der Waals surface area contributed by atoms with E-state index in [1.165, 1.54) is 0 Å². The lowest BCUT2D eigenvalue weighted by Gasteiger charge is -2.34. The van der Waals surface area contributed by atoms with E-state index < -0.39 is 0 Å². The van der Waals surface area contributed by atoms with Crippen molar-refractivity contribution >= 4 is 23.6 Å². The highest BCUT2D eigenvalue weighted by atomic mass is 16.6. The maximum absolute atomic E-state index is 12.5. The SMILES string of the molecule is CCOC(=O)N1CCN(C(=O)CCCN2C(=O)COc3ccc(C)cc32)CC1. The van der Waals surface area contributed by atoms with Crippen LogP contribution in [0.3, 0.4) is 0 Å². The molecule has 0 atom stereocenters. The van der Waals surface area contributed by atoms with Crippen LogP contribution in [0, 0.1) is 6.92 Å². The van der Waals surface area contributed by atoms with E-state index in [1.54, 1.807) is 21.6 Å². The summed E-state index contributed by atoms with van der Waals surface area (Å²) < 4.78 is 10.5. The highest BCUT2D eigenvalue weighted by molar-refractivity contribution is 5.98. The second kappa shape index (κ2) is 8.95. The van der Waals surface area contributed by atoms with Crippen LogP contribution in [0.2, 0.25) is 0 Å². The Morgan fingerprint density at radius 3 is 2.57 bits per heavy atom. The summed E-state index contributed by atoms with van der Waals surface area (Å²) in [4.78, 5) is 41.6. The van der Waals surface area contributed by atoms with Gasteiger partial charge in [0.25, 0.3) is 5.91 Å². The predicted octanol–water partition coefficient (Wildman–Crippen LogP) is 1.80. The van der Waals surface area contributed by atoms with Gasteiger partial charge in [-0.1, -0.05) is 6.07 Å². The molecule has 0 spiro atoms. The fourth-order valence-electron chi connectivity index (χ4n) is 3.46. The van der Waals surface area contributed by atoms with E-state index in [4.69, 9.17) is 9.47 Å². The third-order valence-electron chi connectivity index (χ3n) is 4.99. The van der Waals surface area contributed by atoms with E-state index in [9.17, 15) is 14.4 Å². The smallest absolute Gasteiger partial charge is 0.409 e. The third-order valence-corrected chi connectivity index (χ3v) is 4.99. The summed E-state index contributed by atoms with van der Waals surface area (Å²) in [5, 5.41) is 0. The molecule has 1 aromatic rings. The Morgan fingerprint density at radius 2 is 1.86 bits per heavy atom. The molecular weight excluding hydrogens is 362 g/mol. The lowest BCUT2D eigenvalue weighted by atomic mass is 10.1. The molecule has 0 unspecified atom stereocenters. The molecule has 152 valence electrons. The van der Waals surface area contributed by atoms with Crippen molar-refractivity contribution in [1.29, 1.82) is 0 Å². The lowest BCUT2D eigenvalue weighted by Crippen LogP contribution is -2.50. The van der Waals surface area contributed by atoms with Crippen molar-refractivity contribution in [3.63, 3.8) is 0 Å². The van der Waals surface area contributed by atoms with Gasteiger partial charge in [0.15, 0.2) is 6.61 Å². The monoisotopic (exact) mass is 389 g/mol. The van der Waals surface area contributed by atoms with E-state index in [2.05, 4.69) is 0 Å². The molecule has 0 bridgehead atoms. The summed E-state index contributed by atoms with van der Waals surface area (Å²) >= 11 is 0. The largest absolute Gasteiger partial charge is 0.482 e. The highest BCUT2D eigenvalue weighted by Gasteiger charge is 2.27. The Balaban J connectivity index is 1.48. The maximum atomic E-state index is 12.5. The van der Waals surface area contributed by atoms with Gasteiger partial charge in [0.2, 0.25) is 5.91 Å². The molecule has 2 heterocycles. The van der Waals surface area contributed by atoms with Crippen molar-refractivity contribution in [1.82, 2.24) is 9.80 Å². The van der Waals surface area contributed by atoms with E-state index in [0.29, 0.717) is 57.9 Å². The molecule has 0 saturated carbocycles. The van der Waals surface area contributed by atoms with Gasteiger partial charge >= 0.3 is 6.09 Å². The molecule has 1 saturated heterocycles. The Hall–Kier alpha value is -2.77. The second-order valence-corrected chi connectivity index (χ2v) is 6.98. The molecule has 3 rings (SSSR count). The topological polar surface area (TPSA) is 79.4 Å². The highest BCUT2D eigenvalue weighted by Crippen LogP contribution is 2.33. The number of nitrogens with zero attached hydrogens (tertiary/aromatic N) is 3. The molecule has 0 radical (unpaired) electrons. The van der Waals surface area contributed by atoms with E-state index in [-0.39, 0.29) is 24.5 Å². The first-order valence-corrected chi connectivity index (χ1v) is 9.73. The van der Waals surface area contributed by atoms with Crippen molar-refractivity contribution in [3.8, 4) is 5.75 Å². The summed E-state index contributed by atoms with van der Waals surface area (Å²) in [6, 6.07) is 5.76. The first-order valence-electron chi connectivity index (χ1n) is 9.73. The van der Waals surface area contributed by atoms with Gasteiger partial charge in [0.1, 0.15) is 5.75 Å². The number of piperazine rings is 1. The molecule has 0 aliphatic carbocycles. The first-order chi connectivity index (χ1) is 13.5. The quantitative estimate of drug-likeness (QED) is 0.767. The first kappa shape index (κ1) is 20.0. The number of carbonyl (C=O) groups excluding carboxylic acids is 3. The molecule has 1 aromatic carbocycles. The van der Waals surface area contributed by atoms with Gasteiger partial charge in [-0.2, -0.15) is 0 Å². The fourth-order valence-corrected chi connectivity index (χ4v) is 3.46. The molecule has 0 N–H and O–H groups in total. The van der Waals surface area contributed by atoms with Crippen molar-refractivity contribution in [2.45, 2.75) is 26.7 Å². The van der Waals surface area contributed by atoms with Crippen molar-refractivity contribution in [2.24, 2.45) is 0 Å². The summed E-state index contributed by atoms with van der Waals surface area (Å²) in [7, 11) is 0. The lowest BCUT2D eigenvalue weighted by molar-refractivity contribution is -0.133. The normalized spacial score (nSPS) is 16.5. The zero-order valence-electron chi connectivity index (χ0n) is 16.5. The molecule has 3 amide bonds. The molecule has 2 aliphatic heterocycles. The van der Waals surface area contributed by atoms with Crippen molar-refractivity contribution in [3.05, 3.63) is 23.8 Å². The average Bonchev–Trinajstić information content (AvgIpc) is 2.70. The Kier molecular flexibility index (Phi) is 6.38. The van der Waals surface area contributed by atoms with Gasteiger partial charge in [0.05, 0.1) is 12.3 Å². The summed E-state index contributed by atoms with van der Waals surface area (Å²) in [5.74, 6) is 0.661. The van der Waals surface area contributed by atoms with E-state index in [0.717, 1.165) is 11.3 Å². The number of hydrogen-bond donors (Lipinski definition) is 0. The number of hydrogen-bond acceptors (Lipinski definition) is 5. The maximum Gasteiger partial charge on any atom is 0.409 e. The minimum atomic E-state index is -0.325. The molecule has 8 nitrogen and oxygen atoms in total. The zero-order valence-corrected chi connectivity index (χ0v) is 16.5. The van der Waals surface area contributed by atoms with Crippen molar-refractivity contribution < 1.29 is 23.9 Å². The zero-order chi connectivity index (χ0) is 20.1. The number of anilines is 1. The average molecular weight is 389 g/mol. The number of carbonyl (C=O) groups is 3. The second-order valence-electron chi connectivity index (χ2n) is 6.98. The van der Waals surface area contributed by atoms with Crippen LogP contribution in [0.15, 0.2) is 18.2 Å². The van der Waals surface area contributed by atoms with E-state index in [1.807, 2.05) is 25.1 Å². The Labute approximate surface area is 165 Å². The van der Waals surface area contributed by atoms with Crippen LogP contribution in [0.5, 0.6) is 5.75 Å². The van der Waals surface area contributed by atoms with Gasteiger partial charge in [-0.25, -0.2) is 4.79 Å². The molecule has 0 aromatic heterocycles. The van der Waals surface area contributed by atoms with Crippen LogP contribution in [-0.4, -0.2) is 73.6 Å². The van der Waals surface area contributed by atoms with Gasteiger partial charge in [-0.05, 0) is 38.0 Å². The van der Waals surface area contributed by atoms with Crippen molar-refractivity contribution in [2.75, 3.05) is 50.8 Å². The van der Waals surface area contributed by atoms with Gasteiger partial charge in [-0.15, -0.1) is 0 Å². The molecule has 1 fully saturated rings. The van der Waals surface area contributed by atoms with Crippen LogP contribution in [0.1, 0.15) is 25.3 Å². The van der Waals surface area contributed by atoms with Crippen LogP contribution in [0.4, 0.5) is 10.5 Å². The summed E-state index contributed by atoms with van der Waals surface area (Å²) in [6.07, 6.45) is 0.621. The van der Waals surface area contributed by atoms with Gasteiger partial charge in [0, 0.05) is 39.1 Å². The van der Waals surface area contributed by atoms with Crippen LogP contribution < -0.4 is 9.64 Å². The van der Waals surface area contributed by atoms with Crippen LogP contribution >= 0.6 is 0 Å². The molecule has 28 heavy (non-hydrogen) atoms.